The Bertz CT molecular complexity index is 526. The van der Waals surface area contributed by atoms with Crippen molar-refractivity contribution in [2.75, 3.05) is 17.6 Å². The highest BCUT2D eigenvalue weighted by molar-refractivity contribution is 6.30. The largest absolute Gasteiger partial charge is 0.396 e. The second-order valence-corrected chi connectivity index (χ2v) is 4.70. The summed E-state index contributed by atoms with van der Waals surface area (Å²) in [5, 5.41) is 4.34. The molecule has 0 aliphatic rings. The molecule has 2 aromatic rings. The summed E-state index contributed by atoms with van der Waals surface area (Å²) < 4.78 is 0. The number of nitrogen functional groups attached to an aromatic ring is 1. The third-order valence-electron chi connectivity index (χ3n) is 2.51. The summed E-state index contributed by atoms with van der Waals surface area (Å²) in [5.74, 6) is 0.622. The lowest BCUT2D eigenvalue weighted by molar-refractivity contribution is 1.01. The predicted molar refractivity (Wildman–Crippen MR) is 77.3 cm³/mol. The topological polar surface area (TPSA) is 50.9 Å². The molecule has 0 spiro atoms. The molecule has 0 fully saturated rings. The van der Waals surface area contributed by atoms with Crippen molar-refractivity contribution in [3.05, 3.63) is 52.1 Å². The fourth-order valence-corrected chi connectivity index (χ4v) is 1.84. The van der Waals surface area contributed by atoms with Gasteiger partial charge in [0, 0.05) is 11.6 Å². The van der Waals surface area contributed by atoms with Crippen LogP contribution in [0.5, 0.6) is 0 Å². The van der Waals surface area contributed by atoms with Crippen molar-refractivity contribution in [1.82, 2.24) is 4.98 Å². The van der Waals surface area contributed by atoms with Crippen molar-refractivity contribution in [1.29, 1.82) is 0 Å². The van der Waals surface area contributed by atoms with Gasteiger partial charge in [0.25, 0.3) is 0 Å². The zero-order chi connectivity index (χ0) is 13.0. The van der Waals surface area contributed by atoms with E-state index in [0.717, 1.165) is 18.0 Å². The number of aromatic nitrogens is 1. The maximum Gasteiger partial charge on any atom is 0.150 e. The van der Waals surface area contributed by atoms with Crippen molar-refractivity contribution in [2.24, 2.45) is 0 Å². The number of benzene rings is 1. The van der Waals surface area contributed by atoms with E-state index in [1.54, 1.807) is 12.1 Å². The molecule has 0 saturated heterocycles. The lowest BCUT2D eigenvalue weighted by Crippen LogP contribution is -2.08. The predicted octanol–water partition coefficient (Wildman–Crippen LogP) is 3.63. The van der Waals surface area contributed by atoms with Crippen LogP contribution in [0.15, 0.2) is 36.4 Å². The Morgan fingerprint density at radius 2 is 1.78 bits per heavy atom. The molecular formula is C13H13Cl2N3. The van der Waals surface area contributed by atoms with Crippen LogP contribution in [0.4, 0.5) is 11.5 Å². The average Bonchev–Trinajstić information content (AvgIpc) is 2.36. The molecule has 2 rings (SSSR count). The van der Waals surface area contributed by atoms with Gasteiger partial charge in [-0.1, -0.05) is 35.3 Å². The van der Waals surface area contributed by atoms with Gasteiger partial charge in [0.2, 0.25) is 0 Å². The third kappa shape index (κ3) is 3.52. The summed E-state index contributed by atoms with van der Waals surface area (Å²) in [6.07, 6.45) is 0.866. The van der Waals surface area contributed by atoms with E-state index in [1.165, 1.54) is 5.56 Å². The van der Waals surface area contributed by atoms with Crippen LogP contribution in [0.1, 0.15) is 5.56 Å². The summed E-state index contributed by atoms with van der Waals surface area (Å²) >= 11 is 11.6. The molecule has 3 N–H and O–H groups in total. The Balaban J connectivity index is 1.92. The molecule has 18 heavy (non-hydrogen) atoms. The van der Waals surface area contributed by atoms with E-state index in [2.05, 4.69) is 10.3 Å². The SMILES string of the molecule is Nc1ccc(Cl)nc1NCCc1ccc(Cl)cc1. The minimum absolute atomic E-state index is 0.429. The zero-order valence-electron chi connectivity index (χ0n) is 9.66. The lowest BCUT2D eigenvalue weighted by atomic mass is 10.1. The van der Waals surface area contributed by atoms with Gasteiger partial charge >= 0.3 is 0 Å². The van der Waals surface area contributed by atoms with Crippen LogP contribution in [0.25, 0.3) is 0 Å². The fourth-order valence-electron chi connectivity index (χ4n) is 1.56. The first-order valence-corrected chi connectivity index (χ1v) is 6.31. The van der Waals surface area contributed by atoms with Gasteiger partial charge in [0.15, 0.2) is 5.82 Å². The van der Waals surface area contributed by atoms with Gasteiger partial charge in [-0.15, -0.1) is 0 Å². The van der Waals surface area contributed by atoms with Gasteiger partial charge in [-0.3, -0.25) is 0 Å². The average molecular weight is 282 g/mol. The molecule has 0 unspecified atom stereocenters. The van der Waals surface area contributed by atoms with Crippen LogP contribution in [0.3, 0.4) is 0 Å². The number of nitrogens with zero attached hydrogens (tertiary/aromatic N) is 1. The van der Waals surface area contributed by atoms with E-state index in [1.807, 2.05) is 24.3 Å². The summed E-state index contributed by atoms with van der Waals surface area (Å²) in [4.78, 5) is 4.13. The van der Waals surface area contributed by atoms with Gasteiger partial charge in [0.1, 0.15) is 5.15 Å². The third-order valence-corrected chi connectivity index (χ3v) is 2.97. The van der Waals surface area contributed by atoms with E-state index < -0.39 is 0 Å². The van der Waals surface area contributed by atoms with Crippen molar-refractivity contribution in [3.63, 3.8) is 0 Å². The van der Waals surface area contributed by atoms with Gasteiger partial charge in [-0.2, -0.15) is 0 Å². The Morgan fingerprint density at radius 1 is 1.06 bits per heavy atom. The van der Waals surface area contributed by atoms with Gasteiger partial charge < -0.3 is 11.1 Å². The second-order valence-electron chi connectivity index (χ2n) is 3.88. The summed E-state index contributed by atoms with van der Waals surface area (Å²) in [5.41, 5.74) is 7.58. The van der Waals surface area contributed by atoms with Crippen molar-refractivity contribution in [3.8, 4) is 0 Å². The zero-order valence-corrected chi connectivity index (χ0v) is 11.2. The first-order valence-electron chi connectivity index (χ1n) is 5.55. The quantitative estimate of drug-likeness (QED) is 0.842. The number of hydrogen-bond acceptors (Lipinski definition) is 3. The molecule has 0 saturated carbocycles. The highest BCUT2D eigenvalue weighted by Gasteiger charge is 2.01. The molecule has 0 radical (unpaired) electrons. The molecule has 0 aliphatic carbocycles. The Hall–Kier alpha value is -1.45. The number of rotatable bonds is 4. The minimum Gasteiger partial charge on any atom is -0.396 e. The van der Waals surface area contributed by atoms with E-state index in [0.29, 0.717) is 16.7 Å². The molecule has 0 bridgehead atoms. The molecular weight excluding hydrogens is 269 g/mol. The smallest absolute Gasteiger partial charge is 0.150 e. The molecule has 0 aliphatic heterocycles. The van der Waals surface area contributed by atoms with Crippen molar-refractivity contribution >= 4 is 34.7 Å². The number of nitrogens with two attached hydrogens (primary N) is 1. The maximum absolute atomic E-state index is 5.82. The highest BCUT2D eigenvalue weighted by atomic mass is 35.5. The van der Waals surface area contributed by atoms with Crippen LogP contribution < -0.4 is 11.1 Å². The molecule has 5 heteroatoms. The number of hydrogen-bond donors (Lipinski definition) is 2. The van der Waals surface area contributed by atoms with Crippen molar-refractivity contribution in [2.45, 2.75) is 6.42 Å². The second kappa shape index (κ2) is 5.94. The van der Waals surface area contributed by atoms with Gasteiger partial charge in [0.05, 0.1) is 5.69 Å². The maximum atomic E-state index is 5.82. The van der Waals surface area contributed by atoms with Crippen LogP contribution in [0, 0.1) is 0 Å². The van der Waals surface area contributed by atoms with Crippen LogP contribution in [-0.4, -0.2) is 11.5 Å². The van der Waals surface area contributed by atoms with E-state index in [-0.39, 0.29) is 0 Å². The molecule has 1 heterocycles. The van der Waals surface area contributed by atoms with E-state index >= 15 is 0 Å². The molecule has 0 atom stereocenters. The minimum atomic E-state index is 0.429. The number of pyridine rings is 1. The molecule has 1 aromatic heterocycles. The normalized spacial score (nSPS) is 10.3. The first kappa shape index (κ1) is 13.0. The van der Waals surface area contributed by atoms with Crippen molar-refractivity contribution < 1.29 is 0 Å². The molecule has 0 amide bonds. The highest BCUT2D eigenvalue weighted by Crippen LogP contribution is 2.18. The summed E-state index contributed by atoms with van der Waals surface area (Å²) in [7, 11) is 0. The fraction of sp³-hybridized carbons (Fsp3) is 0.154. The number of halogens is 2. The molecule has 3 nitrogen and oxygen atoms in total. The number of nitrogens with one attached hydrogen (secondary N) is 1. The first-order chi connectivity index (χ1) is 8.65. The Kier molecular flexibility index (Phi) is 4.28. The van der Waals surface area contributed by atoms with Crippen LogP contribution in [0.2, 0.25) is 10.2 Å². The molecule has 94 valence electrons. The Morgan fingerprint density at radius 3 is 2.50 bits per heavy atom. The number of anilines is 2. The van der Waals surface area contributed by atoms with Gasteiger partial charge in [-0.05, 0) is 36.2 Å². The van der Waals surface area contributed by atoms with E-state index in [4.69, 9.17) is 28.9 Å². The Labute approximate surface area is 116 Å². The van der Waals surface area contributed by atoms with Crippen LogP contribution in [-0.2, 0) is 6.42 Å². The summed E-state index contributed by atoms with van der Waals surface area (Å²) in [6.45, 7) is 0.735. The van der Waals surface area contributed by atoms with Crippen LogP contribution >= 0.6 is 23.2 Å². The standard InChI is InChI=1S/C13H13Cl2N3/c14-10-3-1-9(2-4-10)7-8-17-13-11(16)5-6-12(15)18-13/h1-6H,7-8,16H2,(H,17,18). The summed E-state index contributed by atoms with van der Waals surface area (Å²) in [6, 6.07) is 11.2. The lowest BCUT2D eigenvalue weighted by Gasteiger charge is -2.08. The molecule has 1 aromatic carbocycles. The van der Waals surface area contributed by atoms with E-state index in [9.17, 15) is 0 Å². The van der Waals surface area contributed by atoms with Gasteiger partial charge in [-0.25, -0.2) is 4.98 Å². The monoisotopic (exact) mass is 281 g/mol.